The van der Waals surface area contributed by atoms with Gasteiger partial charge in [0.2, 0.25) is 5.91 Å². The van der Waals surface area contributed by atoms with Crippen LogP contribution in [0, 0.1) is 0 Å². The summed E-state index contributed by atoms with van der Waals surface area (Å²) in [6.45, 7) is 3.96. The highest BCUT2D eigenvalue weighted by Gasteiger charge is 2.05. The van der Waals surface area contributed by atoms with E-state index >= 15 is 0 Å². The molecule has 1 aromatic heterocycles. The quantitative estimate of drug-likeness (QED) is 0.595. The molecule has 0 radical (unpaired) electrons. The normalized spacial score (nSPS) is 9.74. The molecule has 0 saturated heterocycles. The molecule has 0 bridgehead atoms. The van der Waals surface area contributed by atoms with Gasteiger partial charge in [0.05, 0.1) is 6.54 Å². The minimum absolute atomic E-state index is 0.232. The van der Waals surface area contributed by atoms with Crippen molar-refractivity contribution in [2.24, 2.45) is 0 Å². The van der Waals surface area contributed by atoms with Gasteiger partial charge in [-0.15, -0.1) is 0 Å². The van der Waals surface area contributed by atoms with Gasteiger partial charge in [0.1, 0.15) is 6.61 Å². The molecule has 7 heteroatoms. The number of rotatable bonds is 7. The number of anilines is 1. The van der Waals surface area contributed by atoms with Crippen molar-refractivity contribution in [3.05, 3.63) is 60.9 Å². The minimum Gasteiger partial charge on any atom is -0.462 e. The van der Waals surface area contributed by atoms with E-state index in [-0.39, 0.29) is 24.4 Å². The molecule has 1 aromatic carbocycles. The molecule has 118 valence electrons. The zero-order valence-corrected chi connectivity index (χ0v) is 12.4. The van der Waals surface area contributed by atoms with Gasteiger partial charge in [-0.05, 0) is 36.4 Å². The van der Waals surface area contributed by atoms with Gasteiger partial charge in [0, 0.05) is 23.6 Å². The summed E-state index contributed by atoms with van der Waals surface area (Å²) in [4.78, 5) is 30.9. The summed E-state index contributed by atoms with van der Waals surface area (Å²) in [6, 6.07) is 8.49. The lowest BCUT2D eigenvalue weighted by Crippen LogP contribution is -2.28. The molecular weight excluding hydrogens is 296 g/mol. The number of nitrogens with one attached hydrogen (secondary N) is 2. The van der Waals surface area contributed by atoms with Gasteiger partial charge in [0.25, 0.3) is 5.91 Å². The monoisotopic (exact) mass is 312 g/mol. The van der Waals surface area contributed by atoms with Gasteiger partial charge >= 0.3 is 6.01 Å². The molecule has 0 saturated carbocycles. The number of nitrogens with zero attached hydrogens (tertiary/aromatic N) is 2. The highest BCUT2D eigenvalue weighted by Crippen LogP contribution is 2.09. The Morgan fingerprint density at radius 1 is 1.17 bits per heavy atom. The molecule has 0 aliphatic carbocycles. The molecule has 2 aromatic rings. The van der Waals surface area contributed by atoms with E-state index in [0.29, 0.717) is 17.8 Å². The van der Waals surface area contributed by atoms with Crippen LogP contribution in [-0.2, 0) is 4.79 Å². The van der Waals surface area contributed by atoms with Crippen LogP contribution in [0.5, 0.6) is 6.01 Å². The van der Waals surface area contributed by atoms with Crippen molar-refractivity contribution in [2.75, 3.05) is 18.5 Å². The SMILES string of the molecule is C=CC(=O)Nc1ccc(C(=O)NCCOc2ncccn2)cc1. The van der Waals surface area contributed by atoms with E-state index in [1.807, 2.05) is 0 Å². The summed E-state index contributed by atoms with van der Waals surface area (Å²) >= 11 is 0. The number of aromatic nitrogens is 2. The Morgan fingerprint density at radius 2 is 1.87 bits per heavy atom. The fourth-order valence-corrected chi connectivity index (χ4v) is 1.67. The highest BCUT2D eigenvalue weighted by atomic mass is 16.5. The van der Waals surface area contributed by atoms with Crippen molar-refractivity contribution in [2.45, 2.75) is 0 Å². The molecule has 0 spiro atoms. The van der Waals surface area contributed by atoms with Crippen LogP contribution in [0.4, 0.5) is 5.69 Å². The predicted molar refractivity (Wildman–Crippen MR) is 85.1 cm³/mol. The zero-order chi connectivity index (χ0) is 16.5. The van der Waals surface area contributed by atoms with Crippen molar-refractivity contribution < 1.29 is 14.3 Å². The van der Waals surface area contributed by atoms with Gasteiger partial charge < -0.3 is 15.4 Å². The third-order valence-electron chi connectivity index (χ3n) is 2.76. The second-order valence-electron chi connectivity index (χ2n) is 4.41. The molecule has 23 heavy (non-hydrogen) atoms. The third kappa shape index (κ3) is 5.24. The van der Waals surface area contributed by atoms with Crippen LogP contribution < -0.4 is 15.4 Å². The third-order valence-corrected chi connectivity index (χ3v) is 2.76. The summed E-state index contributed by atoms with van der Waals surface area (Å²) in [6.07, 6.45) is 4.33. The van der Waals surface area contributed by atoms with Gasteiger partial charge in [-0.2, -0.15) is 0 Å². The first kappa shape index (κ1) is 16.2. The van der Waals surface area contributed by atoms with E-state index < -0.39 is 0 Å². The molecule has 1 heterocycles. The fourth-order valence-electron chi connectivity index (χ4n) is 1.67. The van der Waals surface area contributed by atoms with Crippen LogP contribution in [0.15, 0.2) is 55.4 Å². The van der Waals surface area contributed by atoms with Crippen molar-refractivity contribution in [3.8, 4) is 6.01 Å². The lowest BCUT2D eigenvalue weighted by molar-refractivity contribution is -0.111. The van der Waals surface area contributed by atoms with Crippen LogP contribution >= 0.6 is 0 Å². The van der Waals surface area contributed by atoms with Gasteiger partial charge in [0.15, 0.2) is 0 Å². The van der Waals surface area contributed by atoms with E-state index in [1.165, 1.54) is 6.08 Å². The smallest absolute Gasteiger partial charge is 0.316 e. The standard InChI is InChI=1S/C16H16N4O3/c1-2-14(21)20-13-6-4-12(5-7-13)15(22)17-10-11-23-16-18-8-3-9-19-16/h2-9H,1,10-11H2,(H,17,22)(H,20,21). The summed E-state index contributed by atoms with van der Waals surface area (Å²) in [7, 11) is 0. The largest absolute Gasteiger partial charge is 0.462 e. The Balaban J connectivity index is 1.77. The molecule has 0 fully saturated rings. The van der Waals surface area contributed by atoms with Crippen LogP contribution in [-0.4, -0.2) is 34.9 Å². The summed E-state index contributed by atoms with van der Waals surface area (Å²) < 4.78 is 5.27. The van der Waals surface area contributed by atoms with Crippen molar-refractivity contribution in [1.29, 1.82) is 0 Å². The van der Waals surface area contributed by atoms with E-state index in [0.717, 1.165) is 0 Å². The Bertz CT molecular complexity index is 671. The number of carbonyl (C=O) groups is 2. The number of ether oxygens (including phenoxy) is 1. The van der Waals surface area contributed by atoms with Crippen molar-refractivity contribution in [1.82, 2.24) is 15.3 Å². The Labute approximate surface area is 133 Å². The molecule has 0 aliphatic rings. The molecular formula is C16H16N4O3. The van der Waals surface area contributed by atoms with Crippen LogP contribution in [0.25, 0.3) is 0 Å². The maximum Gasteiger partial charge on any atom is 0.316 e. The molecule has 0 atom stereocenters. The second-order valence-corrected chi connectivity index (χ2v) is 4.41. The first-order valence-electron chi connectivity index (χ1n) is 6.90. The van der Waals surface area contributed by atoms with Gasteiger partial charge in [-0.3, -0.25) is 9.59 Å². The summed E-state index contributed by atoms with van der Waals surface area (Å²) in [5, 5.41) is 5.32. The summed E-state index contributed by atoms with van der Waals surface area (Å²) in [5.74, 6) is -0.536. The first-order chi connectivity index (χ1) is 11.2. The number of benzene rings is 1. The van der Waals surface area contributed by atoms with Gasteiger partial charge in [-0.25, -0.2) is 9.97 Å². The van der Waals surface area contributed by atoms with Crippen LogP contribution in [0.1, 0.15) is 10.4 Å². The predicted octanol–water partition coefficient (Wildman–Crippen LogP) is 1.41. The fraction of sp³-hybridized carbons (Fsp3) is 0.125. The molecule has 0 unspecified atom stereocenters. The average Bonchev–Trinajstić information content (AvgIpc) is 2.60. The van der Waals surface area contributed by atoms with Crippen molar-refractivity contribution >= 4 is 17.5 Å². The van der Waals surface area contributed by atoms with E-state index in [2.05, 4.69) is 27.2 Å². The first-order valence-corrected chi connectivity index (χ1v) is 6.90. The minimum atomic E-state index is -0.303. The molecule has 2 rings (SSSR count). The topological polar surface area (TPSA) is 93.2 Å². The lowest BCUT2D eigenvalue weighted by atomic mass is 10.2. The Kier molecular flexibility index (Phi) is 5.81. The zero-order valence-electron chi connectivity index (χ0n) is 12.4. The number of amides is 2. The number of carbonyl (C=O) groups excluding carboxylic acids is 2. The second kappa shape index (κ2) is 8.28. The van der Waals surface area contributed by atoms with Crippen LogP contribution in [0.3, 0.4) is 0 Å². The average molecular weight is 312 g/mol. The Hall–Kier alpha value is -3.22. The van der Waals surface area contributed by atoms with Gasteiger partial charge in [-0.1, -0.05) is 6.58 Å². The highest BCUT2D eigenvalue weighted by molar-refractivity contribution is 5.99. The molecule has 7 nitrogen and oxygen atoms in total. The maximum absolute atomic E-state index is 11.9. The number of hydrogen-bond acceptors (Lipinski definition) is 5. The van der Waals surface area contributed by atoms with E-state index in [9.17, 15) is 9.59 Å². The molecule has 2 amide bonds. The Morgan fingerprint density at radius 3 is 2.52 bits per heavy atom. The van der Waals surface area contributed by atoms with Crippen LogP contribution in [0.2, 0.25) is 0 Å². The molecule has 0 aliphatic heterocycles. The van der Waals surface area contributed by atoms with E-state index in [4.69, 9.17) is 4.74 Å². The lowest BCUT2D eigenvalue weighted by Gasteiger charge is -2.07. The summed E-state index contributed by atoms with van der Waals surface area (Å²) in [5.41, 5.74) is 1.08. The van der Waals surface area contributed by atoms with Crippen molar-refractivity contribution in [3.63, 3.8) is 0 Å². The van der Waals surface area contributed by atoms with E-state index in [1.54, 1.807) is 42.7 Å². The maximum atomic E-state index is 11.9. The molecule has 2 N–H and O–H groups in total. The number of hydrogen-bond donors (Lipinski definition) is 2.